The van der Waals surface area contributed by atoms with Crippen LogP contribution >= 0.6 is 0 Å². The molecular formula is C34H39FN6O2. The van der Waals surface area contributed by atoms with Crippen LogP contribution in [0.3, 0.4) is 0 Å². The van der Waals surface area contributed by atoms with Crippen LogP contribution in [0.5, 0.6) is 5.75 Å². The molecule has 2 aromatic heterocycles. The Morgan fingerprint density at radius 3 is 2.58 bits per heavy atom. The minimum Gasteiger partial charge on any atom is -0.489 e. The van der Waals surface area contributed by atoms with Gasteiger partial charge in [-0.1, -0.05) is 18.2 Å². The van der Waals surface area contributed by atoms with Gasteiger partial charge in [0.05, 0.1) is 23.8 Å². The second kappa shape index (κ2) is 15.4. The number of hydrogen-bond acceptors (Lipinski definition) is 7. The summed E-state index contributed by atoms with van der Waals surface area (Å²) in [7, 11) is 1.93. The highest BCUT2D eigenvalue weighted by Gasteiger charge is 2.28. The Morgan fingerprint density at radius 2 is 1.88 bits per heavy atom. The van der Waals surface area contributed by atoms with Crippen molar-refractivity contribution < 1.29 is 14.6 Å². The van der Waals surface area contributed by atoms with Crippen molar-refractivity contribution in [2.24, 2.45) is 5.73 Å². The number of benzene rings is 2. The molecule has 1 unspecified atom stereocenters. The Bertz CT molecular complexity index is 1620. The number of rotatable bonds is 10. The quantitative estimate of drug-likeness (QED) is 0.194. The van der Waals surface area contributed by atoms with Crippen molar-refractivity contribution in [1.82, 2.24) is 20.6 Å². The van der Waals surface area contributed by atoms with Crippen molar-refractivity contribution in [1.29, 1.82) is 0 Å². The first kappa shape index (κ1) is 32.6. The first-order chi connectivity index (χ1) is 20.5. The second-order valence-electron chi connectivity index (χ2n) is 9.73. The number of pyridine rings is 2. The van der Waals surface area contributed by atoms with Crippen LogP contribution in [-0.2, 0) is 6.42 Å². The number of terminal acetylenes is 1. The predicted molar refractivity (Wildman–Crippen MR) is 174 cm³/mol. The molecule has 0 bridgehead atoms. The lowest BCUT2D eigenvalue weighted by molar-refractivity contribution is 0.318. The standard InChI is InChI=1S/C32H35FN6O.C2H2.H2O/c1-4-24(34)18-38-28-16-22(15-21-7-6-13-37-30(21)28)27(5-2)36-14-12-25-17-26-29(35-3)19-40-32(26)31(39-25)20-8-10-23(33)11-9-20;1-2;/h4-11,13,15-17,29,35-36,38H,12,14,18-19,34H2,1-3H3;1-2H;1H2. The summed E-state index contributed by atoms with van der Waals surface area (Å²) in [6, 6.07) is 16.9. The molecule has 3 heterocycles. The zero-order valence-corrected chi connectivity index (χ0v) is 24.7. The molecule has 0 aliphatic carbocycles. The fourth-order valence-electron chi connectivity index (χ4n) is 4.92. The zero-order chi connectivity index (χ0) is 30.1. The highest BCUT2D eigenvalue weighted by Crippen LogP contribution is 2.40. The number of hydrogen-bond donors (Lipinski definition) is 4. The van der Waals surface area contributed by atoms with E-state index in [1.165, 1.54) is 12.1 Å². The van der Waals surface area contributed by atoms with Crippen molar-refractivity contribution in [2.75, 3.05) is 32.1 Å². The van der Waals surface area contributed by atoms with E-state index in [9.17, 15) is 4.39 Å². The summed E-state index contributed by atoms with van der Waals surface area (Å²) in [5, 5.41) is 11.4. The Morgan fingerprint density at radius 1 is 1.12 bits per heavy atom. The molecule has 5 rings (SSSR count). The molecule has 0 saturated carbocycles. The van der Waals surface area contributed by atoms with Crippen LogP contribution in [0.15, 0.2) is 78.6 Å². The van der Waals surface area contributed by atoms with Crippen molar-refractivity contribution in [3.05, 3.63) is 101 Å². The summed E-state index contributed by atoms with van der Waals surface area (Å²) in [6.45, 7) is 5.71. The molecule has 8 nitrogen and oxygen atoms in total. The van der Waals surface area contributed by atoms with Crippen LogP contribution in [0.25, 0.3) is 27.9 Å². The van der Waals surface area contributed by atoms with Gasteiger partial charge < -0.3 is 31.9 Å². The minimum absolute atomic E-state index is 0. The summed E-state index contributed by atoms with van der Waals surface area (Å²) in [6.07, 6.45) is 14.5. The lowest BCUT2D eigenvalue weighted by Crippen LogP contribution is -2.18. The Hall–Kier alpha value is -4.91. The number of anilines is 1. The maximum Gasteiger partial charge on any atom is 0.150 e. The van der Waals surface area contributed by atoms with Gasteiger partial charge in [0.2, 0.25) is 0 Å². The van der Waals surface area contributed by atoms with Crippen LogP contribution < -0.4 is 26.4 Å². The monoisotopic (exact) mass is 582 g/mol. The van der Waals surface area contributed by atoms with E-state index in [1.54, 1.807) is 18.3 Å². The van der Waals surface area contributed by atoms with E-state index in [-0.39, 0.29) is 17.3 Å². The van der Waals surface area contributed by atoms with Crippen molar-refractivity contribution >= 4 is 22.3 Å². The van der Waals surface area contributed by atoms with Gasteiger partial charge in [0.15, 0.2) is 5.75 Å². The van der Waals surface area contributed by atoms with Crippen molar-refractivity contribution in [3.63, 3.8) is 0 Å². The normalized spacial score (nSPS) is 14.1. The van der Waals surface area contributed by atoms with E-state index in [0.29, 0.717) is 26.1 Å². The van der Waals surface area contributed by atoms with E-state index in [2.05, 4.69) is 64.1 Å². The average molecular weight is 583 g/mol. The van der Waals surface area contributed by atoms with Crippen LogP contribution in [0.4, 0.5) is 10.1 Å². The molecule has 0 saturated heterocycles. The van der Waals surface area contributed by atoms with Crippen molar-refractivity contribution in [3.8, 4) is 29.9 Å². The highest BCUT2D eigenvalue weighted by atomic mass is 19.1. The summed E-state index contributed by atoms with van der Waals surface area (Å²) < 4.78 is 19.6. The summed E-state index contributed by atoms with van der Waals surface area (Å²) in [5.74, 6) is 0.488. The van der Waals surface area contributed by atoms with E-state index >= 15 is 0 Å². The maximum absolute atomic E-state index is 13.6. The molecule has 224 valence electrons. The molecule has 0 spiro atoms. The molecule has 2 aromatic carbocycles. The molecule has 0 radical (unpaired) electrons. The van der Waals surface area contributed by atoms with E-state index in [4.69, 9.17) is 15.5 Å². The molecule has 0 amide bonds. The minimum atomic E-state index is -0.276. The molecule has 7 N–H and O–H groups in total. The van der Waals surface area contributed by atoms with Gasteiger partial charge in [0.1, 0.15) is 18.1 Å². The van der Waals surface area contributed by atoms with Crippen LogP contribution in [-0.4, -0.2) is 42.2 Å². The first-order valence-electron chi connectivity index (χ1n) is 13.9. The number of fused-ring (bicyclic) bond motifs is 2. The van der Waals surface area contributed by atoms with Crippen LogP contribution in [0, 0.1) is 18.7 Å². The fourth-order valence-corrected chi connectivity index (χ4v) is 4.92. The number of allylic oxidation sites excluding steroid dienone is 2. The third kappa shape index (κ3) is 7.49. The summed E-state index contributed by atoms with van der Waals surface area (Å²) in [4.78, 5) is 9.53. The average Bonchev–Trinajstić information content (AvgIpc) is 3.45. The van der Waals surface area contributed by atoms with Gasteiger partial charge in [-0.15, -0.1) is 12.8 Å². The van der Waals surface area contributed by atoms with E-state index in [0.717, 1.165) is 61.8 Å². The second-order valence-corrected chi connectivity index (χ2v) is 9.73. The van der Waals surface area contributed by atoms with Gasteiger partial charge in [-0.3, -0.25) is 4.98 Å². The van der Waals surface area contributed by atoms with Gasteiger partial charge in [-0.25, -0.2) is 9.37 Å². The SMILES string of the molecule is C#C.CC=C(N)CNc1cc(C(=CC)NCCc2cc3c(c(-c4ccc(F)cc4)n2)OCC3NC)cc2cccnc12.O. The zero-order valence-electron chi connectivity index (χ0n) is 24.7. The molecule has 0 fully saturated rings. The molecule has 43 heavy (non-hydrogen) atoms. The predicted octanol–water partition coefficient (Wildman–Crippen LogP) is 4.98. The summed E-state index contributed by atoms with van der Waals surface area (Å²) in [5.41, 5.74) is 14.3. The number of nitrogens with two attached hydrogens (primary N) is 1. The summed E-state index contributed by atoms with van der Waals surface area (Å²) >= 11 is 0. The van der Waals surface area contributed by atoms with Crippen LogP contribution in [0.2, 0.25) is 0 Å². The third-order valence-electron chi connectivity index (χ3n) is 7.15. The molecule has 1 aliphatic rings. The third-order valence-corrected chi connectivity index (χ3v) is 7.15. The number of aromatic nitrogens is 2. The molecular weight excluding hydrogens is 543 g/mol. The number of likely N-dealkylation sites (N-methyl/N-ethyl adjacent to an activating group) is 1. The molecule has 1 atom stereocenters. The number of ether oxygens (including phenoxy) is 1. The topological polar surface area (TPSA) is 129 Å². The van der Waals surface area contributed by atoms with Gasteiger partial charge >= 0.3 is 0 Å². The first-order valence-corrected chi connectivity index (χ1v) is 13.9. The van der Waals surface area contributed by atoms with Gasteiger partial charge in [0, 0.05) is 58.3 Å². The fraction of sp³-hybridized carbons (Fsp3) is 0.235. The number of nitrogens with one attached hydrogen (secondary N) is 3. The lowest BCUT2D eigenvalue weighted by atomic mass is 10.0. The molecule has 1 aliphatic heterocycles. The van der Waals surface area contributed by atoms with Gasteiger partial charge in [-0.05, 0) is 69.4 Å². The smallest absolute Gasteiger partial charge is 0.150 e. The molecule has 4 aromatic rings. The Kier molecular flexibility index (Phi) is 11.6. The van der Waals surface area contributed by atoms with Gasteiger partial charge in [-0.2, -0.15) is 0 Å². The molecule has 9 heteroatoms. The van der Waals surface area contributed by atoms with E-state index < -0.39 is 0 Å². The largest absolute Gasteiger partial charge is 0.489 e. The van der Waals surface area contributed by atoms with E-state index in [1.807, 2.05) is 33.0 Å². The Balaban J connectivity index is 0.00000165. The van der Waals surface area contributed by atoms with Gasteiger partial charge in [0.25, 0.3) is 0 Å². The Labute approximate surface area is 252 Å². The van der Waals surface area contributed by atoms with Crippen molar-refractivity contribution in [2.45, 2.75) is 26.3 Å². The number of nitrogens with zero attached hydrogens (tertiary/aromatic N) is 2. The maximum atomic E-state index is 13.6. The number of halogens is 1. The lowest BCUT2D eigenvalue weighted by Gasteiger charge is -2.16. The van der Waals surface area contributed by atoms with Crippen LogP contribution in [0.1, 0.15) is 36.7 Å². The highest BCUT2D eigenvalue weighted by molar-refractivity contribution is 5.93.